The maximum atomic E-state index is 11.8. The van der Waals surface area contributed by atoms with Crippen molar-refractivity contribution in [1.82, 2.24) is 5.32 Å². The minimum Gasteiger partial charge on any atom is -0.466 e. The van der Waals surface area contributed by atoms with Gasteiger partial charge >= 0.3 is 5.97 Å². The molecule has 0 aromatic heterocycles. The van der Waals surface area contributed by atoms with E-state index in [1.54, 1.807) is 0 Å². The van der Waals surface area contributed by atoms with Crippen molar-refractivity contribution in [1.29, 1.82) is 0 Å². The lowest BCUT2D eigenvalue weighted by atomic mass is 10.0. The Labute approximate surface area is 132 Å². The van der Waals surface area contributed by atoms with Gasteiger partial charge in [-0.15, -0.1) is 0 Å². The summed E-state index contributed by atoms with van der Waals surface area (Å²) in [4.78, 5) is 11.8. The number of carbonyl (C=O) groups excluding carboxylic acids is 1. The molecule has 0 radical (unpaired) electrons. The van der Waals surface area contributed by atoms with Gasteiger partial charge in [0.05, 0.1) is 13.0 Å². The Balaban J connectivity index is 1.96. The Bertz CT molecular complexity index is 554. The summed E-state index contributed by atoms with van der Waals surface area (Å²) in [6.45, 7) is 3.01. The van der Waals surface area contributed by atoms with Gasteiger partial charge < -0.3 is 10.1 Å². The molecule has 0 saturated carbocycles. The number of ether oxygens (including phenoxy) is 1. The lowest BCUT2D eigenvalue weighted by molar-refractivity contribution is -0.143. The summed E-state index contributed by atoms with van der Waals surface area (Å²) in [5, 5.41) is 3.47. The van der Waals surface area contributed by atoms with Gasteiger partial charge in [0.15, 0.2) is 0 Å². The summed E-state index contributed by atoms with van der Waals surface area (Å²) in [5.41, 5.74) is 2.43. The Kier molecular flexibility index (Phi) is 6.65. The summed E-state index contributed by atoms with van der Waals surface area (Å²) in [5.74, 6) is -0.149. The van der Waals surface area contributed by atoms with Gasteiger partial charge in [-0.3, -0.25) is 4.79 Å². The maximum absolute atomic E-state index is 11.8. The fraction of sp³-hybridized carbons (Fsp3) is 0.316. The molecule has 0 fully saturated rings. The van der Waals surface area contributed by atoms with Crippen molar-refractivity contribution in [2.75, 3.05) is 6.61 Å². The van der Waals surface area contributed by atoms with Crippen LogP contribution in [0.4, 0.5) is 0 Å². The molecular formula is C19H23NO2. The first-order valence-electron chi connectivity index (χ1n) is 7.74. The van der Waals surface area contributed by atoms with Gasteiger partial charge in [0, 0.05) is 12.6 Å². The van der Waals surface area contributed by atoms with Gasteiger partial charge in [-0.2, -0.15) is 0 Å². The molecule has 3 heteroatoms. The number of hydrogen-bond donors (Lipinski definition) is 1. The van der Waals surface area contributed by atoms with Crippen LogP contribution in [0.15, 0.2) is 60.7 Å². The zero-order valence-corrected chi connectivity index (χ0v) is 13.0. The van der Waals surface area contributed by atoms with E-state index in [0.29, 0.717) is 13.0 Å². The third-order valence-electron chi connectivity index (χ3n) is 3.48. The van der Waals surface area contributed by atoms with Crippen molar-refractivity contribution < 1.29 is 9.53 Å². The highest BCUT2D eigenvalue weighted by molar-refractivity contribution is 5.70. The van der Waals surface area contributed by atoms with Crippen LogP contribution in [0.2, 0.25) is 0 Å². The molecule has 0 heterocycles. The molecule has 0 bridgehead atoms. The fourth-order valence-corrected chi connectivity index (χ4v) is 2.39. The Morgan fingerprint density at radius 3 is 2.18 bits per heavy atom. The summed E-state index contributed by atoms with van der Waals surface area (Å²) in [6, 6.07) is 20.5. The zero-order chi connectivity index (χ0) is 15.6. The van der Waals surface area contributed by atoms with Crippen LogP contribution < -0.4 is 5.32 Å². The van der Waals surface area contributed by atoms with Crippen LogP contribution in [0.25, 0.3) is 0 Å². The molecule has 2 rings (SSSR count). The number of nitrogens with one attached hydrogen (secondary N) is 1. The fourth-order valence-electron chi connectivity index (χ4n) is 2.39. The van der Waals surface area contributed by atoms with E-state index >= 15 is 0 Å². The summed E-state index contributed by atoms with van der Waals surface area (Å²) < 4.78 is 5.08. The summed E-state index contributed by atoms with van der Waals surface area (Å²) in [6.07, 6.45) is 1.20. The molecule has 1 N–H and O–H groups in total. The van der Waals surface area contributed by atoms with Crippen molar-refractivity contribution in [2.24, 2.45) is 0 Å². The van der Waals surface area contributed by atoms with Crippen LogP contribution in [-0.4, -0.2) is 18.6 Å². The molecule has 3 nitrogen and oxygen atoms in total. The molecule has 0 unspecified atom stereocenters. The van der Waals surface area contributed by atoms with Gasteiger partial charge in [-0.1, -0.05) is 60.7 Å². The smallest absolute Gasteiger partial charge is 0.307 e. The number of carbonyl (C=O) groups is 1. The van der Waals surface area contributed by atoms with E-state index in [0.717, 1.165) is 13.0 Å². The molecule has 0 saturated heterocycles. The van der Waals surface area contributed by atoms with Gasteiger partial charge in [-0.05, 0) is 24.5 Å². The standard InChI is InChI=1S/C19H23NO2/c1-2-22-19(21)14-18(13-16-9-5-3-6-10-16)20-15-17-11-7-4-8-12-17/h3-12,18,20H,2,13-15H2,1H3/t18-/m1/s1. The highest BCUT2D eigenvalue weighted by Gasteiger charge is 2.15. The predicted octanol–water partition coefficient (Wildman–Crippen LogP) is 3.34. The first-order chi connectivity index (χ1) is 10.8. The lowest BCUT2D eigenvalue weighted by Crippen LogP contribution is -2.33. The van der Waals surface area contributed by atoms with Gasteiger partial charge in [-0.25, -0.2) is 0 Å². The minimum absolute atomic E-state index is 0.0710. The molecule has 0 spiro atoms. The normalized spacial score (nSPS) is 11.9. The summed E-state index contributed by atoms with van der Waals surface area (Å²) >= 11 is 0. The second-order valence-electron chi connectivity index (χ2n) is 5.26. The van der Waals surface area contributed by atoms with Crippen LogP contribution >= 0.6 is 0 Å². The number of rotatable bonds is 8. The van der Waals surface area contributed by atoms with Crippen LogP contribution in [0.5, 0.6) is 0 Å². The molecule has 1 atom stereocenters. The van der Waals surface area contributed by atoms with Crippen LogP contribution in [0.1, 0.15) is 24.5 Å². The van der Waals surface area contributed by atoms with E-state index in [2.05, 4.69) is 29.6 Å². The van der Waals surface area contributed by atoms with Gasteiger partial charge in [0.2, 0.25) is 0 Å². The lowest BCUT2D eigenvalue weighted by Gasteiger charge is -2.18. The molecule has 2 aromatic rings. The SMILES string of the molecule is CCOC(=O)C[C@@H](Cc1ccccc1)NCc1ccccc1. The van der Waals surface area contributed by atoms with Crippen LogP contribution in [0, 0.1) is 0 Å². The largest absolute Gasteiger partial charge is 0.466 e. The van der Waals surface area contributed by atoms with Crippen molar-refractivity contribution in [3.63, 3.8) is 0 Å². The van der Waals surface area contributed by atoms with Crippen LogP contribution in [0.3, 0.4) is 0 Å². The molecule has 22 heavy (non-hydrogen) atoms. The maximum Gasteiger partial charge on any atom is 0.307 e. The Morgan fingerprint density at radius 1 is 1.00 bits per heavy atom. The zero-order valence-electron chi connectivity index (χ0n) is 13.0. The Morgan fingerprint density at radius 2 is 1.59 bits per heavy atom. The highest BCUT2D eigenvalue weighted by atomic mass is 16.5. The molecule has 0 amide bonds. The van der Waals surface area contributed by atoms with Gasteiger partial charge in [0.25, 0.3) is 0 Å². The molecule has 0 aliphatic rings. The monoisotopic (exact) mass is 297 g/mol. The van der Waals surface area contributed by atoms with E-state index in [9.17, 15) is 4.79 Å². The quantitative estimate of drug-likeness (QED) is 0.759. The summed E-state index contributed by atoms with van der Waals surface area (Å²) in [7, 11) is 0. The minimum atomic E-state index is -0.149. The molecular weight excluding hydrogens is 274 g/mol. The third kappa shape index (κ3) is 5.70. The number of esters is 1. The average Bonchev–Trinajstić information content (AvgIpc) is 2.55. The van der Waals surface area contributed by atoms with Crippen LogP contribution in [-0.2, 0) is 22.5 Å². The second-order valence-corrected chi connectivity index (χ2v) is 5.26. The average molecular weight is 297 g/mol. The van der Waals surface area contributed by atoms with Crippen molar-refractivity contribution in [3.05, 3.63) is 71.8 Å². The van der Waals surface area contributed by atoms with E-state index in [1.807, 2.05) is 43.3 Å². The van der Waals surface area contributed by atoms with E-state index < -0.39 is 0 Å². The predicted molar refractivity (Wildman–Crippen MR) is 88.5 cm³/mol. The Hall–Kier alpha value is -2.13. The molecule has 116 valence electrons. The molecule has 0 aliphatic heterocycles. The van der Waals surface area contributed by atoms with Crippen molar-refractivity contribution in [3.8, 4) is 0 Å². The molecule has 2 aromatic carbocycles. The van der Waals surface area contributed by atoms with Crippen molar-refractivity contribution in [2.45, 2.75) is 32.4 Å². The third-order valence-corrected chi connectivity index (χ3v) is 3.48. The first-order valence-corrected chi connectivity index (χ1v) is 7.74. The van der Waals surface area contributed by atoms with E-state index in [1.165, 1.54) is 11.1 Å². The topological polar surface area (TPSA) is 38.3 Å². The van der Waals surface area contributed by atoms with E-state index in [-0.39, 0.29) is 12.0 Å². The number of hydrogen-bond acceptors (Lipinski definition) is 3. The van der Waals surface area contributed by atoms with Gasteiger partial charge in [0.1, 0.15) is 0 Å². The van der Waals surface area contributed by atoms with E-state index in [4.69, 9.17) is 4.74 Å². The van der Waals surface area contributed by atoms with Crippen molar-refractivity contribution >= 4 is 5.97 Å². The highest BCUT2D eigenvalue weighted by Crippen LogP contribution is 2.08. The first kappa shape index (κ1) is 16.2. The second kappa shape index (κ2) is 9.00. The number of benzene rings is 2. The molecule has 0 aliphatic carbocycles.